The van der Waals surface area contributed by atoms with Gasteiger partial charge >= 0.3 is 5.97 Å². The van der Waals surface area contributed by atoms with E-state index in [2.05, 4.69) is 9.72 Å². The van der Waals surface area contributed by atoms with Crippen molar-refractivity contribution in [3.63, 3.8) is 0 Å². The van der Waals surface area contributed by atoms with Crippen LogP contribution in [0.4, 0.5) is 0 Å². The van der Waals surface area contributed by atoms with E-state index in [9.17, 15) is 4.79 Å². The van der Waals surface area contributed by atoms with E-state index in [-0.39, 0.29) is 5.97 Å². The first-order chi connectivity index (χ1) is 8.79. The second kappa shape index (κ2) is 6.00. The zero-order valence-electron chi connectivity index (χ0n) is 10.3. The van der Waals surface area contributed by atoms with E-state index < -0.39 is 0 Å². The molecule has 1 aromatic heterocycles. The zero-order chi connectivity index (χ0) is 12.8. The summed E-state index contributed by atoms with van der Waals surface area (Å²) in [6, 6.07) is 9.63. The second-order valence-corrected chi connectivity index (χ2v) is 3.89. The van der Waals surface area contributed by atoms with E-state index >= 15 is 0 Å². The van der Waals surface area contributed by atoms with Crippen LogP contribution >= 0.6 is 0 Å². The van der Waals surface area contributed by atoms with Crippen LogP contribution in [-0.4, -0.2) is 24.7 Å². The van der Waals surface area contributed by atoms with Crippen molar-refractivity contribution in [1.29, 1.82) is 0 Å². The molecule has 0 saturated heterocycles. The molecule has 0 spiro atoms. The molecule has 0 amide bonds. The third kappa shape index (κ3) is 3.20. The number of ether oxygens (including phenoxy) is 2. The summed E-state index contributed by atoms with van der Waals surface area (Å²) in [5, 5.41) is 1.04. The van der Waals surface area contributed by atoms with E-state index in [4.69, 9.17) is 4.74 Å². The predicted octanol–water partition coefficient (Wildman–Crippen LogP) is 2.57. The van der Waals surface area contributed by atoms with Crippen LogP contribution in [0.5, 0.6) is 5.75 Å². The lowest BCUT2D eigenvalue weighted by molar-refractivity contribution is -0.140. The van der Waals surface area contributed by atoms with E-state index in [1.807, 2.05) is 30.3 Å². The molecular formula is C14H15NO3. The first-order valence-corrected chi connectivity index (χ1v) is 5.84. The topological polar surface area (TPSA) is 48.4 Å². The molecule has 4 nitrogen and oxygen atoms in total. The Labute approximate surface area is 106 Å². The molecule has 0 radical (unpaired) electrons. The number of rotatable bonds is 5. The number of methoxy groups -OCH3 is 1. The third-order valence-electron chi connectivity index (χ3n) is 2.60. The Morgan fingerprint density at radius 2 is 2.22 bits per heavy atom. The van der Waals surface area contributed by atoms with Gasteiger partial charge in [-0.3, -0.25) is 9.78 Å². The molecule has 2 rings (SSSR count). The Balaban J connectivity index is 1.90. The minimum Gasteiger partial charge on any atom is -0.494 e. The Morgan fingerprint density at radius 1 is 1.33 bits per heavy atom. The number of benzene rings is 1. The summed E-state index contributed by atoms with van der Waals surface area (Å²) in [4.78, 5) is 15.1. The van der Waals surface area contributed by atoms with Crippen molar-refractivity contribution in [1.82, 2.24) is 4.98 Å². The van der Waals surface area contributed by atoms with Crippen LogP contribution in [0, 0.1) is 0 Å². The Morgan fingerprint density at radius 3 is 3.06 bits per heavy atom. The monoisotopic (exact) mass is 245 g/mol. The molecule has 1 heterocycles. The quantitative estimate of drug-likeness (QED) is 0.600. The highest BCUT2D eigenvalue weighted by atomic mass is 16.5. The molecule has 4 heteroatoms. The van der Waals surface area contributed by atoms with Crippen molar-refractivity contribution in [3.8, 4) is 5.75 Å². The summed E-state index contributed by atoms with van der Waals surface area (Å²) >= 11 is 0. The van der Waals surface area contributed by atoms with E-state index in [1.54, 1.807) is 6.20 Å². The summed E-state index contributed by atoms with van der Waals surface area (Å²) in [7, 11) is 1.39. The van der Waals surface area contributed by atoms with Gasteiger partial charge in [-0.1, -0.05) is 6.07 Å². The number of carbonyl (C=O) groups is 1. The van der Waals surface area contributed by atoms with Gasteiger partial charge in [-0.05, 0) is 30.7 Å². The van der Waals surface area contributed by atoms with Crippen molar-refractivity contribution < 1.29 is 14.3 Å². The summed E-state index contributed by atoms with van der Waals surface area (Å²) in [6.45, 7) is 0.501. The Kier molecular flexibility index (Phi) is 4.12. The van der Waals surface area contributed by atoms with Crippen LogP contribution in [0.1, 0.15) is 12.8 Å². The standard InChI is InChI=1S/C14H15NO3/c1-17-14(16)5-3-9-18-12-6-7-13-11(10-12)4-2-8-15-13/h2,4,6-8,10H,3,5,9H2,1H3. The minimum absolute atomic E-state index is 0.207. The van der Waals surface area contributed by atoms with Gasteiger partial charge in [-0.25, -0.2) is 0 Å². The lowest BCUT2D eigenvalue weighted by Gasteiger charge is -2.06. The maximum absolute atomic E-state index is 10.9. The number of esters is 1. The first-order valence-electron chi connectivity index (χ1n) is 5.84. The molecular weight excluding hydrogens is 230 g/mol. The Hall–Kier alpha value is -2.10. The lowest BCUT2D eigenvalue weighted by Crippen LogP contribution is -2.04. The van der Waals surface area contributed by atoms with Gasteiger partial charge in [0.1, 0.15) is 5.75 Å². The molecule has 0 fully saturated rings. The molecule has 94 valence electrons. The zero-order valence-corrected chi connectivity index (χ0v) is 10.3. The average Bonchev–Trinajstić information content (AvgIpc) is 2.43. The molecule has 0 aliphatic carbocycles. The fourth-order valence-corrected chi connectivity index (χ4v) is 1.65. The number of fused-ring (bicyclic) bond motifs is 1. The fourth-order valence-electron chi connectivity index (χ4n) is 1.65. The normalized spacial score (nSPS) is 10.3. The number of carbonyl (C=O) groups excluding carboxylic acids is 1. The van der Waals surface area contributed by atoms with Gasteiger partial charge in [0.2, 0.25) is 0 Å². The molecule has 0 saturated carbocycles. The van der Waals surface area contributed by atoms with E-state index in [0.29, 0.717) is 19.4 Å². The molecule has 1 aromatic carbocycles. The van der Waals surface area contributed by atoms with Crippen LogP contribution in [0.25, 0.3) is 10.9 Å². The van der Waals surface area contributed by atoms with Crippen molar-refractivity contribution in [3.05, 3.63) is 36.5 Å². The molecule has 0 N–H and O–H groups in total. The summed E-state index contributed by atoms with van der Waals surface area (Å²) in [5.74, 6) is 0.585. The first kappa shape index (κ1) is 12.4. The van der Waals surface area contributed by atoms with Gasteiger partial charge in [0.15, 0.2) is 0 Å². The molecule has 0 atom stereocenters. The lowest BCUT2D eigenvalue weighted by atomic mass is 10.2. The van der Waals surface area contributed by atoms with Crippen molar-refractivity contribution in [2.24, 2.45) is 0 Å². The highest BCUT2D eigenvalue weighted by Gasteiger charge is 2.01. The van der Waals surface area contributed by atoms with Gasteiger partial charge < -0.3 is 9.47 Å². The largest absolute Gasteiger partial charge is 0.494 e. The SMILES string of the molecule is COC(=O)CCCOc1ccc2ncccc2c1. The molecule has 0 unspecified atom stereocenters. The summed E-state index contributed by atoms with van der Waals surface area (Å²) < 4.78 is 10.1. The number of aromatic nitrogens is 1. The van der Waals surface area contributed by atoms with Gasteiger partial charge in [-0.2, -0.15) is 0 Å². The molecule has 0 aliphatic rings. The molecule has 0 bridgehead atoms. The number of pyridine rings is 1. The maximum atomic E-state index is 10.9. The number of hydrogen-bond donors (Lipinski definition) is 0. The molecule has 0 aliphatic heterocycles. The van der Waals surface area contributed by atoms with E-state index in [0.717, 1.165) is 16.7 Å². The fraction of sp³-hybridized carbons (Fsp3) is 0.286. The van der Waals surface area contributed by atoms with Crippen LogP contribution in [0.2, 0.25) is 0 Å². The smallest absolute Gasteiger partial charge is 0.305 e. The van der Waals surface area contributed by atoms with Gasteiger partial charge in [0, 0.05) is 18.0 Å². The average molecular weight is 245 g/mol. The maximum Gasteiger partial charge on any atom is 0.305 e. The Bertz CT molecular complexity index is 539. The third-order valence-corrected chi connectivity index (χ3v) is 2.60. The van der Waals surface area contributed by atoms with Crippen LogP contribution in [-0.2, 0) is 9.53 Å². The van der Waals surface area contributed by atoms with Gasteiger partial charge in [0.05, 0.1) is 19.2 Å². The molecule has 18 heavy (non-hydrogen) atoms. The number of nitrogens with zero attached hydrogens (tertiary/aromatic N) is 1. The van der Waals surface area contributed by atoms with E-state index in [1.165, 1.54) is 7.11 Å². The van der Waals surface area contributed by atoms with Crippen LogP contribution in [0.15, 0.2) is 36.5 Å². The van der Waals surface area contributed by atoms with Crippen molar-refractivity contribution >= 4 is 16.9 Å². The minimum atomic E-state index is -0.207. The molecule has 2 aromatic rings. The van der Waals surface area contributed by atoms with Gasteiger partial charge in [0.25, 0.3) is 0 Å². The van der Waals surface area contributed by atoms with Crippen molar-refractivity contribution in [2.75, 3.05) is 13.7 Å². The predicted molar refractivity (Wildman–Crippen MR) is 68.5 cm³/mol. The van der Waals surface area contributed by atoms with Gasteiger partial charge in [-0.15, -0.1) is 0 Å². The highest BCUT2D eigenvalue weighted by molar-refractivity contribution is 5.79. The highest BCUT2D eigenvalue weighted by Crippen LogP contribution is 2.19. The number of hydrogen-bond acceptors (Lipinski definition) is 4. The summed E-state index contributed by atoms with van der Waals surface area (Å²) in [5.41, 5.74) is 0.944. The summed E-state index contributed by atoms with van der Waals surface area (Å²) in [6.07, 6.45) is 2.79. The van der Waals surface area contributed by atoms with Crippen LogP contribution < -0.4 is 4.74 Å². The second-order valence-electron chi connectivity index (χ2n) is 3.89. The van der Waals surface area contributed by atoms with Crippen molar-refractivity contribution in [2.45, 2.75) is 12.8 Å². The van der Waals surface area contributed by atoms with Crippen LogP contribution in [0.3, 0.4) is 0 Å².